The van der Waals surface area contributed by atoms with E-state index in [1.807, 2.05) is 18.2 Å². The Morgan fingerprint density at radius 2 is 2.15 bits per heavy atom. The number of amides is 1. The van der Waals surface area contributed by atoms with Gasteiger partial charge in [-0.2, -0.15) is 4.98 Å². The van der Waals surface area contributed by atoms with Crippen molar-refractivity contribution in [3.8, 4) is 17.3 Å². The van der Waals surface area contributed by atoms with Gasteiger partial charge >= 0.3 is 0 Å². The minimum Gasteiger partial charge on any atom is -0.493 e. The summed E-state index contributed by atoms with van der Waals surface area (Å²) >= 11 is 0. The third-order valence-corrected chi connectivity index (χ3v) is 4.55. The van der Waals surface area contributed by atoms with Gasteiger partial charge in [0.25, 0.3) is 0 Å². The van der Waals surface area contributed by atoms with Crippen molar-refractivity contribution in [1.29, 1.82) is 0 Å². The number of nitrogens with zero attached hydrogens (tertiary/aromatic N) is 2. The van der Waals surface area contributed by atoms with E-state index < -0.39 is 0 Å². The minimum atomic E-state index is 0.0274. The van der Waals surface area contributed by atoms with Crippen molar-refractivity contribution in [2.45, 2.75) is 25.7 Å². The molecule has 0 bridgehead atoms. The van der Waals surface area contributed by atoms with E-state index in [-0.39, 0.29) is 5.91 Å². The van der Waals surface area contributed by atoms with Crippen molar-refractivity contribution in [2.75, 3.05) is 13.2 Å². The third kappa shape index (κ3) is 4.36. The normalized spacial score (nSPS) is 15.8. The molecule has 0 saturated heterocycles. The SMILES string of the molecule is O=C(CCCc1nc(-c2ccco2)no1)NC[C@H]1COc2ccccc2C1. The van der Waals surface area contributed by atoms with Gasteiger partial charge in [-0.1, -0.05) is 23.4 Å². The molecule has 27 heavy (non-hydrogen) atoms. The molecule has 1 aliphatic heterocycles. The molecule has 0 radical (unpaired) electrons. The van der Waals surface area contributed by atoms with Gasteiger partial charge in [-0.25, -0.2) is 0 Å². The predicted octanol–water partition coefficient (Wildman–Crippen LogP) is 3.02. The van der Waals surface area contributed by atoms with Crippen molar-refractivity contribution < 1.29 is 18.5 Å². The van der Waals surface area contributed by atoms with E-state index in [1.165, 1.54) is 5.56 Å². The van der Waals surface area contributed by atoms with E-state index in [4.69, 9.17) is 13.7 Å². The highest BCUT2D eigenvalue weighted by Crippen LogP contribution is 2.26. The largest absolute Gasteiger partial charge is 0.493 e. The van der Waals surface area contributed by atoms with E-state index in [0.29, 0.717) is 55.8 Å². The zero-order valence-corrected chi connectivity index (χ0v) is 14.9. The highest BCUT2D eigenvalue weighted by atomic mass is 16.5. The molecule has 1 atom stereocenters. The smallest absolute Gasteiger partial charge is 0.238 e. The van der Waals surface area contributed by atoms with E-state index in [2.05, 4.69) is 21.5 Å². The molecule has 1 aromatic carbocycles. The first-order valence-electron chi connectivity index (χ1n) is 9.12. The van der Waals surface area contributed by atoms with Crippen LogP contribution in [0, 0.1) is 5.92 Å². The lowest BCUT2D eigenvalue weighted by atomic mass is 9.97. The highest BCUT2D eigenvalue weighted by molar-refractivity contribution is 5.75. The van der Waals surface area contributed by atoms with Gasteiger partial charge in [0.05, 0.1) is 12.9 Å². The first kappa shape index (κ1) is 17.3. The minimum absolute atomic E-state index is 0.0274. The first-order chi connectivity index (χ1) is 13.3. The molecule has 4 rings (SSSR count). The number of para-hydroxylation sites is 1. The zero-order chi connectivity index (χ0) is 18.5. The summed E-state index contributed by atoms with van der Waals surface area (Å²) in [6, 6.07) is 11.6. The Morgan fingerprint density at radius 1 is 1.22 bits per heavy atom. The van der Waals surface area contributed by atoms with E-state index in [1.54, 1.807) is 18.4 Å². The predicted molar refractivity (Wildman–Crippen MR) is 97.1 cm³/mol. The molecule has 0 saturated carbocycles. The molecule has 1 aliphatic rings. The third-order valence-electron chi connectivity index (χ3n) is 4.55. The second-order valence-electron chi connectivity index (χ2n) is 6.64. The van der Waals surface area contributed by atoms with Crippen LogP contribution in [0.2, 0.25) is 0 Å². The number of rotatable bonds is 7. The van der Waals surface area contributed by atoms with Gasteiger partial charge in [-0.15, -0.1) is 0 Å². The molecule has 7 nitrogen and oxygen atoms in total. The Morgan fingerprint density at radius 3 is 3.04 bits per heavy atom. The van der Waals surface area contributed by atoms with Gasteiger partial charge in [0.2, 0.25) is 17.6 Å². The van der Waals surface area contributed by atoms with Gasteiger partial charge in [0.15, 0.2) is 5.76 Å². The number of hydrogen-bond donors (Lipinski definition) is 1. The molecular formula is C20H21N3O4. The number of furan rings is 1. The number of carbonyl (C=O) groups is 1. The number of aryl methyl sites for hydroxylation is 1. The highest BCUT2D eigenvalue weighted by Gasteiger charge is 2.20. The van der Waals surface area contributed by atoms with Gasteiger partial charge in [-0.05, 0) is 36.6 Å². The maximum atomic E-state index is 12.1. The van der Waals surface area contributed by atoms with E-state index in [0.717, 1.165) is 12.2 Å². The van der Waals surface area contributed by atoms with E-state index in [9.17, 15) is 4.79 Å². The first-order valence-corrected chi connectivity index (χ1v) is 9.12. The second kappa shape index (κ2) is 8.07. The van der Waals surface area contributed by atoms with Gasteiger partial charge < -0.3 is 19.0 Å². The average Bonchev–Trinajstić information content (AvgIpc) is 3.38. The Hall–Kier alpha value is -3.09. The van der Waals surface area contributed by atoms with Crippen LogP contribution in [0.4, 0.5) is 0 Å². The number of carbonyl (C=O) groups excluding carboxylic acids is 1. The molecule has 2 aromatic heterocycles. The number of nitrogens with one attached hydrogen (secondary N) is 1. The summed E-state index contributed by atoms with van der Waals surface area (Å²) in [5.74, 6) is 2.78. The second-order valence-corrected chi connectivity index (χ2v) is 6.64. The number of aromatic nitrogens is 2. The van der Waals surface area contributed by atoms with Crippen LogP contribution in [-0.4, -0.2) is 29.2 Å². The fraction of sp³-hybridized carbons (Fsp3) is 0.350. The molecule has 7 heteroatoms. The Labute approximate surface area is 156 Å². The van der Waals surface area contributed by atoms with Crippen LogP contribution in [0.15, 0.2) is 51.6 Å². The van der Waals surface area contributed by atoms with Crippen LogP contribution in [0.5, 0.6) is 5.75 Å². The fourth-order valence-corrected chi connectivity index (χ4v) is 3.13. The molecule has 0 fully saturated rings. The Balaban J connectivity index is 1.17. The van der Waals surface area contributed by atoms with Crippen LogP contribution in [-0.2, 0) is 17.6 Å². The standard InChI is InChI=1S/C20H21N3O4/c24-18(21-12-14-11-15-5-1-2-6-16(15)26-13-14)8-3-9-19-22-20(23-27-19)17-7-4-10-25-17/h1-2,4-7,10,14H,3,8-9,11-13H2,(H,21,24)/t14-/m0/s1. The molecule has 0 aliphatic carbocycles. The van der Waals surface area contributed by atoms with Crippen molar-refractivity contribution in [3.05, 3.63) is 54.1 Å². The monoisotopic (exact) mass is 367 g/mol. The molecular weight excluding hydrogens is 346 g/mol. The molecule has 1 amide bonds. The zero-order valence-electron chi connectivity index (χ0n) is 14.9. The van der Waals surface area contributed by atoms with Crippen LogP contribution in [0.1, 0.15) is 24.3 Å². The lowest BCUT2D eigenvalue weighted by Gasteiger charge is -2.25. The van der Waals surface area contributed by atoms with Gasteiger partial charge in [0, 0.05) is 25.3 Å². The quantitative estimate of drug-likeness (QED) is 0.690. The molecule has 1 N–H and O–H groups in total. The van der Waals surface area contributed by atoms with Crippen LogP contribution in [0.25, 0.3) is 11.6 Å². The number of ether oxygens (including phenoxy) is 1. The molecule has 3 heterocycles. The summed E-state index contributed by atoms with van der Waals surface area (Å²) in [4.78, 5) is 16.4. The maximum Gasteiger partial charge on any atom is 0.238 e. The number of benzene rings is 1. The molecule has 0 spiro atoms. The van der Waals surface area contributed by atoms with Crippen LogP contribution >= 0.6 is 0 Å². The number of hydrogen-bond acceptors (Lipinski definition) is 6. The Kier molecular flexibility index (Phi) is 5.18. The van der Waals surface area contributed by atoms with Gasteiger partial charge in [0.1, 0.15) is 5.75 Å². The summed E-state index contributed by atoms with van der Waals surface area (Å²) in [6.45, 7) is 1.26. The topological polar surface area (TPSA) is 90.4 Å². The number of fused-ring (bicyclic) bond motifs is 1. The van der Waals surface area contributed by atoms with Crippen LogP contribution in [0.3, 0.4) is 0 Å². The molecule has 3 aromatic rings. The lowest BCUT2D eigenvalue weighted by Crippen LogP contribution is -2.34. The summed E-state index contributed by atoms with van der Waals surface area (Å²) in [5, 5.41) is 6.87. The van der Waals surface area contributed by atoms with E-state index >= 15 is 0 Å². The van der Waals surface area contributed by atoms with Gasteiger partial charge in [-0.3, -0.25) is 4.79 Å². The van der Waals surface area contributed by atoms with Crippen molar-refractivity contribution in [3.63, 3.8) is 0 Å². The fourth-order valence-electron chi connectivity index (χ4n) is 3.13. The molecule has 140 valence electrons. The summed E-state index contributed by atoms with van der Waals surface area (Å²) in [5.41, 5.74) is 1.20. The average molecular weight is 367 g/mol. The molecule has 0 unspecified atom stereocenters. The summed E-state index contributed by atoms with van der Waals surface area (Å²) < 4.78 is 16.2. The van der Waals surface area contributed by atoms with Crippen molar-refractivity contribution in [2.24, 2.45) is 5.92 Å². The van der Waals surface area contributed by atoms with Crippen LogP contribution < -0.4 is 10.1 Å². The Bertz CT molecular complexity index is 888. The lowest BCUT2D eigenvalue weighted by molar-refractivity contribution is -0.121. The summed E-state index contributed by atoms with van der Waals surface area (Å²) in [6.07, 6.45) is 4.11. The maximum absolute atomic E-state index is 12.1. The van der Waals surface area contributed by atoms with Crippen molar-refractivity contribution in [1.82, 2.24) is 15.5 Å². The summed E-state index contributed by atoms with van der Waals surface area (Å²) in [7, 11) is 0. The van der Waals surface area contributed by atoms with Crippen molar-refractivity contribution >= 4 is 5.91 Å².